The second-order valence-corrected chi connectivity index (χ2v) is 8.45. The van der Waals surface area contributed by atoms with Gasteiger partial charge in [0, 0.05) is 36.8 Å². The molecule has 4 aromatic rings. The Bertz CT molecular complexity index is 1470. The third kappa shape index (κ3) is 4.14. The molecular weight excluding hydrogens is 450 g/mol. The number of ether oxygens (including phenoxy) is 3. The Morgan fingerprint density at radius 2 is 2.06 bits per heavy atom. The molecule has 1 aliphatic carbocycles. The van der Waals surface area contributed by atoms with Crippen molar-refractivity contribution < 1.29 is 14.2 Å². The van der Waals surface area contributed by atoms with Gasteiger partial charge < -0.3 is 19.5 Å². The molecular formula is C24H23N7O4. The topological polar surface area (TPSA) is 126 Å². The summed E-state index contributed by atoms with van der Waals surface area (Å²) in [5, 5.41) is 11.9. The van der Waals surface area contributed by atoms with E-state index in [1.165, 1.54) is 17.9 Å². The molecule has 11 heteroatoms. The number of pyridine rings is 2. The van der Waals surface area contributed by atoms with Gasteiger partial charge in [0.25, 0.3) is 11.4 Å². The summed E-state index contributed by atoms with van der Waals surface area (Å²) in [6.07, 6.45) is 5.58. The lowest BCUT2D eigenvalue weighted by Crippen LogP contribution is -2.35. The van der Waals surface area contributed by atoms with Gasteiger partial charge in [0.1, 0.15) is 18.7 Å². The summed E-state index contributed by atoms with van der Waals surface area (Å²) in [7, 11) is 1.54. The predicted molar refractivity (Wildman–Crippen MR) is 125 cm³/mol. The Kier molecular flexibility index (Phi) is 5.45. The van der Waals surface area contributed by atoms with E-state index in [4.69, 9.17) is 19.2 Å². The third-order valence-electron chi connectivity index (χ3n) is 6.22. The number of hydrogen-bond donors (Lipinski definition) is 1. The predicted octanol–water partition coefficient (Wildman–Crippen LogP) is 1.39. The average Bonchev–Trinajstić information content (AvgIpc) is 2.91. The number of fused-ring (bicyclic) bond motifs is 3. The zero-order chi connectivity index (χ0) is 23.8. The first-order chi connectivity index (χ1) is 17.2. The molecule has 4 aromatic heterocycles. The van der Waals surface area contributed by atoms with E-state index >= 15 is 0 Å². The van der Waals surface area contributed by atoms with Crippen molar-refractivity contribution in [3.63, 3.8) is 0 Å². The second-order valence-electron chi connectivity index (χ2n) is 8.45. The Hall–Kier alpha value is -4.12. The monoisotopic (exact) mass is 473 g/mol. The van der Waals surface area contributed by atoms with E-state index in [1.807, 2.05) is 12.1 Å². The zero-order valence-electron chi connectivity index (χ0n) is 19.1. The summed E-state index contributed by atoms with van der Waals surface area (Å²) in [5.74, 6) is 1.50. The first-order valence-corrected chi connectivity index (χ1v) is 11.4. The third-order valence-corrected chi connectivity index (χ3v) is 6.22. The summed E-state index contributed by atoms with van der Waals surface area (Å²) in [6, 6.07) is 7.65. The highest BCUT2D eigenvalue weighted by atomic mass is 16.6. The van der Waals surface area contributed by atoms with Gasteiger partial charge in [-0.3, -0.25) is 14.3 Å². The summed E-state index contributed by atoms with van der Waals surface area (Å²) >= 11 is 0. The highest BCUT2D eigenvalue weighted by Gasteiger charge is 2.22. The molecule has 2 aliphatic rings. The summed E-state index contributed by atoms with van der Waals surface area (Å²) < 4.78 is 17.8. The standard InChI is InChI=1S/C24H23N7O4/c1-33-21-5-4-18-23(28-21)31(22(32)13-27-18)17-8-14-2-3-15(9-19(14)26-12-17)25-11-16-10-20-24(30-29-16)35-7-6-34-20/h4-5,8,10,12-13,15,25H,2-3,6-7,9,11H2,1H3. The molecule has 0 fully saturated rings. The van der Waals surface area contributed by atoms with Gasteiger partial charge in [0.15, 0.2) is 11.4 Å². The molecule has 0 aromatic carbocycles. The number of methoxy groups -OCH3 is 1. The molecule has 0 amide bonds. The fourth-order valence-corrected chi connectivity index (χ4v) is 4.46. The van der Waals surface area contributed by atoms with Crippen LogP contribution < -0.4 is 25.1 Å². The van der Waals surface area contributed by atoms with Crippen LogP contribution in [0.5, 0.6) is 17.5 Å². The first-order valence-electron chi connectivity index (χ1n) is 11.4. The molecule has 35 heavy (non-hydrogen) atoms. The number of nitrogens with one attached hydrogen (secondary N) is 1. The van der Waals surface area contributed by atoms with E-state index < -0.39 is 0 Å². The Morgan fingerprint density at radius 1 is 1.14 bits per heavy atom. The highest BCUT2D eigenvalue weighted by molar-refractivity contribution is 5.72. The van der Waals surface area contributed by atoms with Crippen LogP contribution in [0.25, 0.3) is 16.9 Å². The van der Waals surface area contributed by atoms with Crippen LogP contribution in [-0.4, -0.2) is 56.1 Å². The molecule has 1 atom stereocenters. The van der Waals surface area contributed by atoms with Crippen molar-refractivity contribution in [1.82, 2.24) is 35.0 Å². The zero-order valence-corrected chi connectivity index (χ0v) is 19.1. The van der Waals surface area contributed by atoms with E-state index in [2.05, 4.69) is 25.5 Å². The van der Waals surface area contributed by atoms with Crippen molar-refractivity contribution >= 4 is 11.2 Å². The highest BCUT2D eigenvalue weighted by Crippen LogP contribution is 2.27. The number of aryl methyl sites for hydroxylation is 1. The van der Waals surface area contributed by atoms with E-state index in [-0.39, 0.29) is 11.6 Å². The maximum Gasteiger partial charge on any atom is 0.276 e. The normalized spacial score (nSPS) is 16.7. The molecule has 1 aliphatic heterocycles. The molecule has 1 N–H and O–H groups in total. The molecule has 5 heterocycles. The Labute approximate surface area is 200 Å². The smallest absolute Gasteiger partial charge is 0.276 e. The van der Waals surface area contributed by atoms with Crippen molar-refractivity contribution in [1.29, 1.82) is 0 Å². The number of nitrogens with zero attached hydrogens (tertiary/aromatic N) is 6. The maximum atomic E-state index is 12.7. The summed E-state index contributed by atoms with van der Waals surface area (Å²) in [6.45, 7) is 1.59. The molecule has 0 saturated carbocycles. The van der Waals surface area contributed by atoms with Crippen molar-refractivity contribution in [2.75, 3.05) is 20.3 Å². The molecule has 0 bridgehead atoms. The second kappa shape index (κ2) is 8.91. The minimum Gasteiger partial charge on any atom is -0.484 e. The van der Waals surface area contributed by atoms with Gasteiger partial charge in [-0.2, -0.15) is 10.1 Å². The van der Waals surface area contributed by atoms with E-state index in [0.717, 1.165) is 36.2 Å². The van der Waals surface area contributed by atoms with Gasteiger partial charge in [-0.05, 0) is 30.5 Å². The van der Waals surface area contributed by atoms with Crippen LogP contribution in [0, 0.1) is 0 Å². The molecule has 178 valence electrons. The summed E-state index contributed by atoms with van der Waals surface area (Å²) in [5.41, 5.74) is 4.39. The van der Waals surface area contributed by atoms with E-state index in [1.54, 1.807) is 18.3 Å². The van der Waals surface area contributed by atoms with Crippen LogP contribution in [0.2, 0.25) is 0 Å². The van der Waals surface area contributed by atoms with Gasteiger partial charge in [-0.1, -0.05) is 0 Å². The maximum absolute atomic E-state index is 12.7. The molecule has 0 spiro atoms. The average molecular weight is 473 g/mol. The lowest BCUT2D eigenvalue weighted by Gasteiger charge is -2.25. The molecule has 11 nitrogen and oxygen atoms in total. The van der Waals surface area contributed by atoms with Crippen LogP contribution in [-0.2, 0) is 19.4 Å². The van der Waals surface area contributed by atoms with Crippen LogP contribution in [0.4, 0.5) is 0 Å². The first kappa shape index (κ1) is 21.4. The van der Waals surface area contributed by atoms with Crippen LogP contribution in [0.1, 0.15) is 23.4 Å². The largest absolute Gasteiger partial charge is 0.484 e. The Morgan fingerprint density at radius 3 is 2.97 bits per heavy atom. The number of rotatable bonds is 5. The lowest BCUT2D eigenvalue weighted by atomic mass is 9.91. The van der Waals surface area contributed by atoms with E-state index in [9.17, 15) is 4.79 Å². The summed E-state index contributed by atoms with van der Waals surface area (Å²) in [4.78, 5) is 26.1. The quantitative estimate of drug-likeness (QED) is 0.454. The van der Waals surface area contributed by atoms with Crippen molar-refractivity contribution in [3.8, 4) is 23.2 Å². The van der Waals surface area contributed by atoms with E-state index in [0.29, 0.717) is 54.1 Å². The van der Waals surface area contributed by atoms with Crippen LogP contribution >= 0.6 is 0 Å². The number of aromatic nitrogens is 6. The molecule has 6 rings (SSSR count). The fraction of sp³-hybridized carbons (Fsp3) is 0.333. The van der Waals surface area contributed by atoms with Gasteiger partial charge in [0.2, 0.25) is 5.88 Å². The van der Waals surface area contributed by atoms with Gasteiger partial charge in [0.05, 0.1) is 30.9 Å². The van der Waals surface area contributed by atoms with Gasteiger partial charge in [-0.25, -0.2) is 4.98 Å². The fourth-order valence-electron chi connectivity index (χ4n) is 4.46. The molecule has 0 saturated heterocycles. The lowest BCUT2D eigenvalue weighted by molar-refractivity contribution is 0.161. The van der Waals surface area contributed by atoms with Crippen molar-refractivity contribution in [3.05, 3.63) is 64.0 Å². The Balaban J connectivity index is 1.21. The number of hydrogen-bond acceptors (Lipinski definition) is 10. The minimum atomic E-state index is -0.268. The van der Waals surface area contributed by atoms with Gasteiger partial charge in [-0.15, -0.1) is 5.10 Å². The SMILES string of the molecule is COc1ccc2ncc(=O)n(-c3cnc4c(c3)CCC(NCc3cc5c(nn3)OCCO5)C4)c2n1. The van der Waals surface area contributed by atoms with Crippen LogP contribution in [0.3, 0.4) is 0 Å². The van der Waals surface area contributed by atoms with Crippen LogP contribution in [0.15, 0.2) is 41.5 Å². The molecule has 1 unspecified atom stereocenters. The van der Waals surface area contributed by atoms with Gasteiger partial charge >= 0.3 is 0 Å². The minimum absolute atomic E-state index is 0.256. The van der Waals surface area contributed by atoms with Crippen molar-refractivity contribution in [2.24, 2.45) is 0 Å². The molecule has 0 radical (unpaired) electrons. The van der Waals surface area contributed by atoms with Crippen molar-refractivity contribution in [2.45, 2.75) is 31.8 Å².